The van der Waals surface area contributed by atoms with Crippen LogP contribution in [0.25, 0.3) is 0 Å². The fourth-order valence-corrected chi connectivity index (χ4v) is 1.69. The van der Waals surface area contributed by atoms with E-state index in [-0.39, 0.29) is 23.7 Å². The summed E-state index contributed by atoms with van der Waals surface area (Å²) in [5.74, 6) is -0.468. The van der Waals surface area contributed by atoms with E-state index >= 15 is 0 Å². The molecule has 1 N–H and O–H groups in total. The van der Waals surface area contributed by atoms with Crippen molar-refractivity contribution in [3.05, 3.63) is 12.2 Å². The van der Waals surface area contributed by atoms with E-state index in [1.807, 2.05) is 12.2 Å². The Morgan fingerprint density at radius 3 is 2.91 bits per heavy atom. The molecule has 2 atom stereocenters. The second-order valence-corrected chi connectivity index (χ2v) is 2.99. The quantitative estimate of drug-likeness (QED) is 0.398. The van der Waals surface area contributed by atoms with Crippen LogP contribution in [0.5, 0.6) is 0 Å². The summed E-state index contributed by atoms with van der Waals surface area (Å²) in [6.07, 6.45) is 5.55. The molecule has 0 spiro atoms. The number of carbonyl (C=O) groups excluding carboxylic acids is 2. The zero-order chi connectivity index (χ0) is 7.84. The van der Waals surface area contributed by atoms with Gasteiger partial charge in [0.1, 0.15) is 0 Å². The highest BCUT2D eigenvalue weighted by Crippen LogP contribution is 2.28. The van der Waals surface area contributed by atoms with Gasteiger partial charge in [0, 0.05) is 0 Å². The number of hydrogen-bond donors (Lipinski definition) is 1. The topological polar surface area (TPSA) is 46.2 Å². The van der Waals surface area contributed by atoms with Gasteiger partial charge in [0.2, 0.25) is 11.8 Å². The number of hydrogen-bond acceptors (Lipinski definition) is 2. The Hall–Kier alpha value is -1.12. The standard InChI is InChI=1S/C8H9NO2/c10-7-5-3-1-2-4-6(5)8(11)9-7/h1,3,5-6H,2,4H2,(H,9,10,11)/t5-,6+/m1/s1. The molecule has 1 aliphatic heterocycles. The SMILES string of the molecule is O=C1NC(=O)[C@@H]2C=CCC[C@H]12. The van der Waals surface area contributed by atoms with Crippen molar-refractivity contribution in [2.24, 2.45) is 11.8 Å². The zero-order valence-corrected chi connectivity index (χ0v) is 6.04. The average Bonchev–Trinajstić information content (AvgIpc) is 2.30. The molecule has 2 rings (SSSR count). The molecule has 3 heteroatoms. The molecule has 0 saturated carbocycles. The third-order valence-electron chi connectivity index (χ3n) is 2.31. The Morgan fingerprint density at radius 1 is 1.36 bits per heavy atom. The molecule has 0 aromatic carbocycles. The maximum Gasteiger partial charge on any atom is 0.234 e. The summed E-state index contributed by atoms with van der Waals surface area (Å²) in [7, 11) is 0. The van der Waals surface area contributed by atoms with Crippen LogP contribution in [-0.2, 0) is 9.59 Å². The minimum Gasteiger partial charge on any atom is -0.296 e. The van der Waals surface area contributed by atoms with Gasteiger partial charge in [-0.05, 0) is 12.8 Å². The van der Waals surface area contributed by atoms with Crippen molar-refractivity contribution >= 4 is 11.8 Å². The number of carbonyl (C=O) groups is 2. The molecule has 0 aromatic rings. The summed E-state index contributed by atoms with van der Waals surface area (Å²) < 4.78 is 0. The van der Waals surface area contributed by atoms with Gasteiger partial charge in [-0.2, -0.15) is 0 Å². The minimum atomic E-state index is -0.170. The fourth-order valence-electron chi connectivity index (χ4n) is 1.69. The lowest BCUT2D eigenvalue weighted by atomic mass is 9.86. The van der Waals surface area contributed by atoms with E-state index in [2.05, 4.69) is 5.32 Å². The normalized spacial score (nSPS) is 35.3. The summed E-state index contributed by atoms with van der Waals surface area (Å²) in [5.41, 5.74) is 0. The third-order valence-corrected chi connectivity index (χ3v) is 2.31. The first-order chi connectivity index (χ1) is 5.29. The van der Waals surface area contributed by atoms with Crippen LogP contribution in [0.3, 0.4) is 0 Å². The molecule has 1 heterocycles. The lowest BCUT2D eigenvalue weighted by Crippen LogP contribution is -2.21. The van der Waals surface area contributed by atoms with E-state index < -0.39 is 0 Å². The van der Waals surface area contributed by atoms with Gasteiger partial charge in [0.05, 0.1) is 11.8 Å². The van der Waals surface area contributed by atoms with Gasteiger partial charge in [-0.1, -0.05) is 12.2 Å². The Morgan fingerprint density at radius 2 is 2.18 bits per heavy atom. The van der Waals surface area contributed by atoms with Crippen molar-refractivity contribution in [3.8, 4) is 0 Å². The summed E-state index contributed by atoms with van der Waals surface area (Å²) in [6.45, 7) is 0. The lowest BCUT2D eigenvalue weighted by molar-refractivity contribution is -0.126. The number of imide groups is 1. The predicted octanol–water partition coefficient (Wildman–Crippen LogP) is 0.225. The molecule has 0 aromatic heterocycles. The summed E-state index contributed by atoms with van der Waals surface area (Å²) in [4.78, 5) is 22.1. The van der Waals surface area contributed by atoms with Crippen LogP contribution in [0.4, 0.5) is 0 Å². The molecule has 2 amide bonds. The van der Waals surface area contributed by atoms with E-state index in [1.54, 1.807) is 0 Å². The van der Waals surface area contributed by atoms with Crippen LogP contribution < -0.4 is 5.32 Å². The van der Waals surface area contributed by atoms with E-state index in [4.69, 9.17) is 0 Å². The second-order valence-electron chi connectivity index (χ2n) is 2.99. The van der Waals surface area contributed by atoms with Crippen LogP contribution in [0.2, 0.25) is 0 Å². The Balaban J connectivity index is 2.30. The highest BCUT2D eigenvalue weighted by molar-refractivity contribution is 6.06. The van der Waals surface area contributed by atoms with Crippen molar-refractivity contribution in [1.82, 2.24) is 5.32 Å². The van der Waals surface area contributed by atoms with Gasteiger partial charge in [0.25, 0.3) is 0 Å². The second kappa shape index (κ2) is 2.19. The minimum absolute atomic E-state index is 0.0764. The van der Waals surface area contributed by atoms with Crippen molar-refractivity contribution in [2.75, 3.05) is 0 Å². The average molecular weight is 151 g/mol. The van der Waals surface area contributed by atoms with Gasteiger partial charge >= 0.3 is 0 Å². The molecular weight excluding hydrogens is 142 g/mol. The van der Waals surface area contributed by atoms with Crippen LogP contribution in [0.15, 0.2) is 12.2 Å². The summed E-state index contributed by atoms with van der Waals surface area (Å²) in [6, 6.07) is 0. The van der Waals surface area contributed by atoms with Gasteiger partial charge in [-0.25, -0.2) is 0 Å². The molecule has 11 heavy (non-hydrogen) atoms. The Kier molecular flexibility index (Phi) is 1.31. The van der Waals surface area contributed by atoms with E-state index in [0.29, 0.717) is 0 Å². The monoisotopic (exact) mass is 151 g/mol. The highest BCUT2D eigenvalue weighted by Gasteiger charge is 2.40. The molecule has 2 aliphatic rings. The van der Waals surface area contributed by atoms with Crippen molar-refractivity contribution in [3.63, 3.8) is 0 Å². The molecule has 1 fully saturated rings. The smallest absolute Gasteiger partial charge is 0.234 e. The number of fused-ring (bicyclic) bond motifs is 1. The molecule has 58 valence electrons. The molecule has 1 aliphatic carbocycles. The first-order valence-corrected chi connectivity index (χ1v) is 3.80. The summed E-state index contributed by atoms with van der Waals surface area (Å²) >= 11 is 0. The molecule has 0 bridgehead atoms. The number of allylic oxidation sites excluding steroid dienone is 1. The molecule has 1 saturated heterocycles. The van der Waals surface area contributed by atoms with Gasteiger partial charge in [-0.3, -0.25) is 14.9 Å². The van der Waals surface area contributed by atoms with Crippen LogP contribution in [0, 0.1) is 11.8 Å². The maximum atomic E-state index is 11.1. The Bertz CT molecular complexity index is 244. The fraction of sp³-hybridized carbons (Fsp3) is 0.500. The molecule has 3 nitrogen and oxygen atoms in total. The lowest BCUT2D eigenvalue weighted by Gasteiger charge is -2.14. The van der Waals surface area contributed by atoms with Gasteiger partial charge < -0.3 is 0 Å². The van der Waals surface area contributed by atoms with Gasteiger partial charge in [-0.15, -0.1) is 0 Å². The predicted molar refractivity (Wildman–Crippen MR) is 38.5 cm³/mol. The first-order valence-electron chi connectivity index (χ1n) is 3.80. The van der Waals surface area contributed by atoms with Crippen LogP contribution >= 0.6 is 0 Å². The number of amides is 2. The third kappa shape index (κ3) is 0.878. The van der Waals surface area contributed by atoms with Gasteiger partial charge in [0.15, 0.2) is 0 Å². The van der Waals surface area contributed by atoms with Crippen molar-refractivity contribution < 1.29 is 9.59 Å². The van der Waals surface area contributed by atoms with E-state index in [1.165, 1.54) is 0 Å². The van der Waals surface area contributed by atoms with E-state index in [0.717, 1.165) is 12.8 Å². The zero-order valence-electron chi connectivity index (χ0n) is 6.04. The first kappa shape index (κ1) is 6.58. The number of rotatable bonds is 0. The van der Waals surface area contributed by atoms with Crippen LogP contribution in [-0.4, -0.2) is 11.8 Å². The molecular formula is C8H9NO2. The molecule has 0 unspecified atom stereocenters. The largest absolute Gasteiger partial charge is 0.296 e. The van der Waals surface area contributed by atoms with Crippen LogP contribution in [0.1, 0.15) is 12.8 Å². The van der Waals surface area contributed by atoms with Crippen molar-refractivity contribution in [2.45, 2.75) is 12.8 Å². The Labute approximate surface area is 64.5 Å². The van der Waals surface area contributed by atoms with Crippen molar-refractivity contribution in [1.29, 1.82) is 0 Å². The molecule has 0 radical (unpaired) electrons. The summed E-state index contributed by atoms with van der Waals surface area (Å²) in [5, 5.41) is 2.33. The number of nitrogens with one attached hydrogen (secondary N) is 1. The maximum absolute atomic E-state index is 11.1. The highest BCUT2D eigenvalue weighted by atomic mass is 16.2. The van der Waals surface area contributed by atoms with E-state index in [9.17, 15) is 9.59 Å².